The first-order valence-electron chi connectivity index (χ1n) is 8.82. The quantitative estimate of drug-likeness (QED) is 0.242. The topological polar surface area (TPSA) is 78.9 Å². The Morgan fingerprint density at radius 1 is 1.11 bits per heavy atom. The zero-order valence-corrected chi connectivity index (χ0v) is 17.9. The van der Waals surface area contributed by atoms with Gasteiger partial charge in [-0.05, 0) is 51.8 Å². The smallest absolute Gasteiger partial charge is 0.297 e. The summed E-state index contributed by atoms with van der Waals surface area (Å²) in [6, 6.07) is 6.37. The van der Waals surface area contributed by atoms with Crippen LogP contribution >= 0.6 is 12.6 Å². The van der Waals surface area contributed by atoms with Gasteiger partial charge in [0.1, 0.15) is 0 Å². The van der Waals surface area contributed by atoms with E-state index in [-0.39, 0.29) is 11.5 Å². The molecule has 27 heavy (non-hydrogen) atoms. The average Bonchev–Trinajstić information content (AvgIpc) is 2.60. The lowest BCUT2D eigenvalue weighted by molar-refractivity contribution is -0.139. The Balaban J connectivity index is 2.82. The standard InChI is InChI=1S/C19H28O6S2/c1-5-23-18(24-6-2)12-11-17(19(20)26)15(4)13-25-27(21,22)16-9-7-14(3)8-10-16/h7-10,18H,5-6,11-13H2,1-4H3,(H,20,26)/b17-15-. The van der Waals surface area contributed by atoms with Gasteiger partial charge < -0.3 is 9.47 Å². The maximum Gasteiger partial charge on any atom is 0.297 e. The van der Waals surface area contributed by atoms with Crippen LogP contribution in [0.3, 0.4) is 0 Å². The third-order valence-corrected chi connectivity index (χ3v) is 5.40. The molecule has 0 bridgehead atoms. The highest BCUT2D eigenvalue weighted by atomic mass is 32.2. The van der Waals surface area contributed by atoms with Crippen molar-refractivity contribution in [2.24, 2.45) is 0 Å². The highest BCUT2D eigenvalue weighted by molar-refractivity contribution is 7.97. The molecule has 0 aliphatic heterocycles. The molecule has 0 atom stereocenters. The summed E-state index contributed by atoms with van der Waals surface area (Å²) >= 11 is 3.90. The molecule has 0 saturated heterocycles. The molecule has 6 nitrogen and oxygen atoms in total. The van der Waals surface area contributed by atoms with Crippen LogP contribution < -0.4 is 0 Å². The van der Waals surface area contributed by atoms with Gasteiger partial charge in [-0.15, -0.1) is 12.6 Å². The van der Waals surface area contributed by atoms with E-state index in [0.717, 1.165) is 5.56 Å². The minimum atomic E-state index is -3.90. The number of benzene rings is 1. The Bertz CT molecular complexity index is 732. The van der Waals surface area contributed by atoms with Crippen molar-refractivity contribution in [3.63, 3.8) is 0 Å². The predicted molar refractivity (Wildman–Crippen MR) is 107 cm³/mol. The van der Waals surface area contributed by atoms with Gasteiger partial charge >= 0.3 is 0 Å². The van der Waals surface area contributed by atoms with Gasteiger partial charge in [-0.1, -0.05) is 17.7 Å². The maximum atomic E-state index is 12.3. The number of carbonyl (C=O) groups excluding carboxylic acids is 1. The molecule has 1 rings (SSSR count). The molecular weight excluding hydrogens is 388 g/mol. The van der Waals surface area contributed by atoms with Gasteiger partial charge in [-0.2, -0.15) is 8.42 Å². The molecule has 0 saturated carbocycles. The number of thiol groups is 1. The number of rotatable bonds is 12. The number of hydrogen-bond acceptors (Lipinski definition) is 6. The molecule has 1 aromatic rings. The molecule has 8 heteroatoms. The fraction of sp³-hybridized carbons (Fsp3) is 0.526. The molecule has 0 N–H and O–H groups in total. The summed E-state index contributed by atoms with van der Waals surface area (Å²) in [6.45, 7) is 8.02. The summed E-state index contributed by atoms with van der Waals surface area (Å²) in [4.78, 5) is 11.9. The van der Waals surface area contributed by atoms with Crippen molar-refractivity contribution in [2.75, 3.05) is 19.8 Å². The predicted octanol–water partition coefficient (Wildman–Crippen LogP) is 3.65. The molecular formula is C19H28O6S2. The number of carbonyl (C=O) groups is 1. The van der Waals surface area contributed by atoms with E-state index in [1.807, 2.05) is 20.8 Å². The zero-order chi connectivity index (χ0) is 20.4. The van der Waals surface area contributed by atoms with Crippen molar-refractivity contribution in [2.45, 2.75) is 51.7 Å². The van der Waals surface area contributed by atoms with Crippen molar-refractivity contribution in [1.29, 1.82) is 0 Å². The van der Waals surface area contributed by atoms with E-state index >= 15 is 0 Å². The largest absolute Gasteiger partial charge is 0.353 e. The maximum absolute atomic E-state index is 12.3. The second-order valence-electron chi connectivity index (χ2n) is 5.97. The van der Waals surface area contributed by atoms with Crippen LogP contribution in [-0.4, -0.2) is 39.6 Å². The third kappa shape index (κ3) is 8.15. The second-order valence-corrected chi connectivity index (χ2v) is 7.99. The van der Waals surface area contributed by atoms with Gasteiger partial charge in [0.05, 0.1) is 11.5 Å². The highest BCUT2D eigenvalue weighted by Gasteiger charge is 2.18. The lowest BCUT2D eigenvalue weighted by Gasteiger charge is -2.18. The number of ether oxygens (including phenoxy) is 2. The summed E-state index contributed by atoms with van der Waals surface area (Å²) in [7, 11) is -3.90. The van der Waals surface area contributed by atoms with E-state index in [0.29, 0.717) is 37.2 Å². The molecule has 152 valence electrons. The SMILES string of the molecule is CCOC(CC/C(C(=O)S)=C(\C)COS(=O)(=O)c1ccc(C)cc1)OCC. The van der Waals surface area contributed by atoms with Gasteiger partial charge in [0.2, 0.25) is 5.12 Å². The molecule has 0 amide bonds. The molecule has 1 aromatic carbocycles. The first kappa shape index (κ1) is 23.8. The first-order chi connectivity index (χ1) is 12.7. The van der Waals surface area contributed by atoms with Crippen LogP contribution in [0.1, 0.15) is 39.2 Å². The summed E-state index contributed by atoms with van der Waals surface area (Å²) in [5.74, 6) is 0. The molecule has 0 radical (unpaired) electrons. The van der Waals surface area contributed by atoms with E-state index < -0.39 is 21.5 Å². The van der Waals surface area contributed by atoms with Crippen LogP contribution in [0.4, 0.5) is 0 Å². The molecule has 0 heterocycles. The molecule has 0 fully saturated rings. The minimum absolute atomic E-state index is 0.0763. The fourth-order valence-corrected chi connectivity index (χ4v) is 3.62. The van der Waals surface area contributed by atoms with E-state index in [1.165, 1.54) is 12.1 Å². The van der Waals surface area contributed by atoms with Crippen molar-refractivity contribution >= 4 is 27.9 Å². The van der Waals surface area contributed by atoms with Crippen LogP contribution in [0, 0.1) is 6.92 Å². The normalized spacial score (nSPS) is 13.0. The Morgan fingerprint density at radius 3 is 2.15 bits per heavy atom. The monoisotopic (exact) mass is 416 g/mol. The number of hydrogen-bond donors (Lipinski definition) is 1. The lowest BCUT2D eigenvalue weighted by Crippen LogP contribution is -2.18. The van der Waals surface area contributed by atoms with Crippen LogP contribution in [0.5, 0.6) is 0 Å². The fourth-order valence-electron chi connectivity index (χ4n) is 2.38. The first-order valence-corrected chi connectivity index (χ1v) is 10.7. The zero-order valence-electron chi connectivity index (χ0n) is 16.2. The van der Waals surface area contributed by atoms with Crippen molar-refractivity contribution in [3.05, 3.63) is 41.0 Å². The van der Waals surface area contributed by atoms with E-state index in [2.05, 4.69) is 12.6 Å². The van der Waals surface area contributed by atoms with Gasteiger partial charge in [-0.25, -0.2) is 0 Å². The van der Waals surface area contributed by atoms with Crippen LogP contribution in [0.2, 0.25) is 0 Å². The Kier molecular flexibility index (Phi) is 10.3. The van der Waals surface area contributed by atoms with E-state index in [1.54, 1.807) is 19.1 Å². The lowest BCUT2D eigenvalue weighted by atomic mass is 10.1. The van der Waals surface area contributed by atoms with Gasteiger partial charge in [0.15, 0.2) is 6.29 Å². The van der Waals surface area contributed by atoms with Crippen molar-refractivity contribution in [3.8, 4) is 0 Å². The Labute approximate surface area is 167 Å². The van der Waals surface area contributed by atoms with Crippen LogP contribution in [-0.2, 0) is 28.6 Å². The highest BCUT2D eigenvalue weighted by Crippen LogP contribution is 2.20. The summed E-state index contributed by atoms with van der Waals surface area (Å²) < 4.78 is 40.6. The van der Waals surface area contributed by atoms with E-state index in [4.69, 9.17) is 13.7 Å². The minimum Gasteiger partial charge on any atom is -0.353 e. The van der Waals surface area contributed by atoms with Gasteiger partial charge in [0, 0.05) is 25.2 Å². The third-order valence-electron chi connectivity index (χ3n) is 3.85. The van der Waals surface area contributed by atoms with Gasteiger partial charge in [0.25, 0.3) is 10.1 Å². The van der Waals surface area contributed by atoms with Crippen molar-refractivity contribution < 1.29 is 26.9 Å². The molecule has 0 aliphatic rings. The van der Waals surface area contributed by atoms with E-state index in [9.17, 15) is 13.2 Å². The van der Waals surface area contributed by atoms with Crippen molar-refractivity contribution in [1.82, 2.24) is 0 Å². The van der Waals surface area contributed by atoms with Gasteiger partial charge in [-0.3, -0.25) is 8.98 Å². The Hall–Kier alpha value is -1.19. The molecule has 0 unspecified atom stereocenters. The molecule has 0 spiro atoms. The second kappa shape index (κ2) is 11.6. The number of aryl methyl sites for hydroxylation is 1. The average molecular weight is 417 g/mol. The molecule has 0 aliphatic carbocycles. The van der Waals surface area contributed by atoms with Crippen LogP contribution in [0.15, 0.2) is 40.3 Å². The Morgan fingerprint density at radius 2 is 1.67 bits per heavy atom. The molecule has 0 aromatic heterocycles. The van der Waals surface area contributed by atoms with Crippen LogP contribution in [0.25, 0.3) is 0 Å². The summed E-state index contributed by atoms with van der Waals surface area (Å²) in [5.41, 5.74) is 1.87. The summed E-state index contributed by atoms with van der Waals surface area (Å²) in [5, 5.41) is -0.421. The summed E-state index contributed by atoms with van der Waals surface area (Å²) in [6.07, 6.45) is 0.394.